The number of rotatable bonds is 6. The standard InChI is InChI=1S/C12H14ClN3S/c13-9-1-4-12(15-8-9)17-6-5-11(7-14)16-10-2-3-10/h1,4,8,10-11,16H,2-3,5-6H2. The van der Waals surface area contributed by atoms with Gasteiger partial charge in [-0.15, -0.1) is 11.8 Å². The summed E-state index contributed by atoms with van der Waals surface area (Å²) >= 11 is 7.42. The average Bonchev–Trinajstić information content (AvgIpc) is 3.14. The number of nitrogens with zero attached hydrogens (tertiary/aromatic N) is 2. The molecule has 3 nitrogen and oxygen atoms in total. The highest BCUT2D eigenvalue weighted by molar-refractivity contribution is 7.99. The number of nitrogens with one attached hydrogen (secondary N) is 1. The maximum Gasteiger partial charge on any atom is 0.0963 e. The first kappa shape index (κ1) is 12.7. The molecule has 0 radical (unpaired) electrons. The molecule has 0 saturated heterocycles. The van der Waals surface area contributed by atoms with Crippen LogP contribution in [0, 0.1) is 11.3 Å². The van der Waals surface area contributed by atoms with Crippen molar-refractivity contribution in [3.63, 3.8) is 0 Å². The molecule has 5 heteroatoms. The van der Waals surface area contributed by atoms with Crippen LogP contribution in [0.2, 0.25) is 5.02 Å². The molecule has 90 valence electrons. The first-order chi connectivity index (χ1) is 8.28. The van der Waals surface area contributed by atoms with E-state index in [1.165, 1.54) is 12.8 Å². The van der Waals surface area contributed by atoms with Crippen LogP contribution in [0.3, 0.4) is 0 Å². The van der Waals surface area contributed by atoms with Gasteiger partial charge in [0.05, 0.1) is 22.2 Å². The minimum atomic E-state index is -0.0256. The quantitative estimate of drug-likeness (QED) is 0.805. The van der Waals surface area contributed by atoms with E-state index in [9.17, 15) is 0 Å². The van der Waals surface area contributed by atoms with Crippen molar-refractivity contribution in [3.8, 4) is 6.07 Å². The second kappa shape index (κ2) is 6.25. The van der Waals surface area contributed by atoms with Gasteiger partial charge in [-0.25, -0.2) is 4.98 Å². The molecule has 1 fully saturated rings. The zero-order valence-corrected chi connectivity index (χ0v) is 11.0. The van der Waals surface area contributed by atoms with Crippen molar-refractivity contribution >= 4 is 23.4 Å². The molecule has 1 aliphatic carbocycles. The smallest absolute Gasteiger partial charge is 0.0963 e. The molecule has 17 heavy (non-hydrogen) atoms. The number of hydrogen-bond donors (Lipinski definition) is 1. The third kappa shape index (κ3) is 4.55. The monoisotopic (exact) mass is 267 g/mol. The van der Waals surface area contributed by atoms with Crippen LogP contribution in [-0.4, -0.2) is 22.8 Å². The fourth-order valence-electron chi connectivity index (χ4n) is 1.45. The molecular formula is C12H14ClN3S. The summed E-state index contributed by atoms with van der Waals surface area (Å²) in [7, 11) is 0. The van der Waals surface area contributed by atoms with Crippen LogP contribution in [0.4, 0.5) is 0 Å². The van der Waals surface area contributed by atoms with E-state index < -0.39 is 0 Å². The van der Waals surface area contributed by atoms with Crippen LogP contribution in [0.15, 0.2) is 23.4 Å². The molecule has 1 N–H and O–H groups in total. The number of nitriles is 1. The van der Waals surface area contributed by atoms with Gasteiger partial charge in [-0.2, -0.15) is 5.26 Å². The molecule has 1 saturated carbocycles. The molecule has 0 aromatic carbocycles. The Morgan fingerprint density at radius 2 is 2.41 bits per heavy atom. The molecule has 2 rings (SSSR count). The van der Waals surface area contributed by atoms with Crippen LogP contribution in [0.1, 0.15) is 19.3 Å². The molecule has 0 aliphatic heterocycles. The normalized spacial score (nSPS) is 16.5. The Labute approximate surface area is 111 Å². The van der Waals surface area contributed by atoms with Gasteiger partial charge in [0.15, 0.2) is 0 Å². The lowest BCUT2D eigenvalue weighted by atomic mass is 10.2. The van der Waals surface area contributed by atoms with Gasteiger partial charge >= 0.3 is 0 Å². The number of thioether (sulfide) groups is 1. The van der Waals surface area contributed by atoms with Gasteiger partial charge in [-0.05, 0) is 31.4 Å². The van der Waals surface area contributed by atoms with E-state index in [0.717, 1.165) is 17.2 Å². The van der Waals surface area contributed by atoms with Crippen LogP contribution >= 0.6 is 23.4 Å². The average molecular weight is 268 g/mol. The Hall–Kier alpha value is -0.760. The van der Waals surface area contributed by atoms with Crippen molar-refractivity contribution in [1.29, 1.82) is 5.26 Å². The molecule has 1 aromatic rings. The Bertz CT molecular complexity index is 397. The van der Waals surface area contributed by atoms with Crippen molar-refractivity contribution < 1.29 is 0 Å². The van der Waals surface area contributed by atoms with Gasteiger partial charge in [0, 0.05) is 18.0 Å². The predicted molar refractivity (Wildman–Crippen MR) is 70.1 cm³/mol. The highest BCUT2D eigenvalue weighted by Crippen LogP contribution is 2.22. The molecule has 1 atom stereocenters. The van der Waals surface area contributed by atoms with Gasteiger partial charge in [0.1, 0.15) is 0 Å². The zero-order valence-electron chi connectivity index (χ0n) is 9.40. The van der Waals surface area contributed by atoms with Gasteiger partial charge in [-0.3, -0.25) is 5.32 Å². The maximum absolute atomic E-state index is 8.98. The number of hydrogen-bond acceptors (Lipinski definition) is 4. The lowest BCUT2D eigenvalue weighted by Gasteiger charge is -2.09. The molecule has 1 aromatic heterocycles. The summed E-state index contributed by atoms with van der Waals surface area (Å²) in [6.45, 7) is 0. The van der Waals surface area contributed by atoms with Gasteiger partial charge < -0.3 is 0 Å². The van der Waals surface area contributed by atoms with Crippen LogP contribution in [-0.2, 0) is 0 Å². The molecular weight excluding hydrogens is 254 g/mol. The van der Waals surface area contributed by atoms with E-state index in [-0.39, 0.29) is 6.04 Å². The van der Waals surface area contributed by atoms with Gasteiger partial charge in [0.2, 0.25) is 0 Å². The summed E-state index contributed by atoms with van der Waals surface area (Å²) in [5.41, 5.74) is 0. The van der Waals surface area contributed by atoms with Gasteiger partial charge in [-0.1, -0.05) is 11.6 Å². The van der Waals surface area contributed by atoms with Crippen LogP contribution < -0.4 is 5.32 Å². The summed E-state index contributed by atoms with van der Waals surface area (Å²) in [6.07, 6.45) is 4.92. The summed E-state index contributed by atoms with van der Waals surface area (Å²) in [6, 6.07) is 6.60. The highest BCUT2D eigenvalue weighted by atomic mass is 35.5. The summed E-state index contributed by atoms with van der Waals surface area (Å²) in [4.78, 5) is 4.20. The number of aromatic nitrogens is 1. The Kier molecular flexibility index (Phi) is 4.66. The van der Waals surface area contributed by atoms with E-state index in [2.05, 4.69) is 16.4 Å². The predicted octanol–water partition coefficient (Wildman–Crippen LogP) is 2.86. The minimum Gasteiger partial charge on any atom is -0.299 e. The highest BCUT2D eigenvalue weighted by Gasteiger charge is 2.24. The van der Waals surface area contributed by atoms with E-state index in [1.54, 1.807) is 18.0 Å². The van der Waals surface area contributed by atoms with E-state index in [1.807, 2.05) is 12.1 Å². The van der Waals surface area contributed by atoms with E-state index in [0.29, 0.717) is 11.1 Å². The zero-order chi connectivity index (χ0) is 12.1. The molecule has 1 unspecified atom stereocenters. The van der Waals surface area contributed by atoms with Crippen molar-refractivity contribution in [2.45, 2.75) is 36.4 Å². The van der Waals surface area contributed by atoms with Crippen LogP contribution in [0.5, 0.6) is 0 Å². The third-order valence-electron chi connectivity index (χ3n) is 2.53. The SMILES string of the molecule is N#CC(CCSc1ccc(Cl)cn1)NC1CC1. The maximum atomic E-state index is 8.98. The summed E-state index contributed by atoms with van der Waals surface area (Å²) in [5.74, 6) is 0.895. The first-order valence-corrected chi connectivity index (χ1v) is 7.04. The fourth-order valence-corrected chi connectivity index (χ4v) is 2.41. The molecule has 0 amide bonds. The van der Waals surface area contributed by atoms with E-state index >= 15 is 0 Å². The Morgan fingerprint density at radius 1 is 1.59 bits per heavy atom. The largest absolute Gasteiger partial charge is 0.299 e. The molecule has 0 spiro atoms. The molecule has 1 aliphatic rings. The van der Waals surface area contributed by atoms with Crippen molar-refractivity contribution in [1.82, 2.24) is 10.3 Å². The number of halogens is 1. The molecule has 0 bridgehead atoms. The van der Waals surface area contributed by atoms with Crippen LogP contribution in [0.25, 0.3) is 0 Å². The van der Waals surface area contributed by atoms with Crippen molar-refractivity contribution in [2.24, 2.45) is 0 Å². The van der Waals surface area contributed by atoms with Gasteiger partial charge in [0.25, 0.3) is 0 Å². The topological polar surface area (TPSA) is 48.7 Å². The Balaban J connectivity index is 1.70. The summed E-state index contributed by atoms with van der Waals surface area (Å²) in [5, 5.41) is 13.9. The van der Waals surface area contributed by atoms with E-state index in [4.69, 9.17) is 16.9 Å². The molecule has 1 heterocycles. The third-order valence-corrected chi connectivity index (χ3v) is 3.73. The lowest BCUT2D eigenvalue weighted by molar-refractivity contribution is 0.587. The lowest BCUT2D eigenvalue weighted by Crippen LogP contribution is -2.29. The van der Waals surface area contributed by atoms with Crippen molar-refractivity contribution in [2.75, 3.05) is 5.75 Å². The second-order valence-corrected chi connectivity index (χ2v) is 5.63. The minimum absolute atomic E-state index is 0.0256. The number of pyridine rings is 1. The van der Waals surface area contributed by atoms with Crippen molar-refractivity contribution in [3.05, 3.63) is 23.4 Å². The summed E-state index contributed by atoms with van der Waals surface area (Å²) < 4.78 is 0. The fraction of sp³-hybridized carbons (Fsp3) is 0.500. The first-order valence-electron chi connectivity index (χ1n) is 5.68. The second-order valence-electron chi connectivity index (χ2n) is 4.07. The Morgan fingerprint density at radius 3 is 3.00 bits per heavy atom.